The predicted octanol–water partition coefficient (Wildman–Crippen LogP) is 1.41. The molecule has 0 spiro atoms. The Morgan fingerprint density at radius 2 is 2.11 bits per heavy atom. The summed E-state index contributed by atoms with van der Waals surface area (Å²) in [6, 6.07) is 6.85. The molecule has 5 rings (SSSR count). The highest BCUT2D eigenvalue weighted by molar-refractivity contribution is 5.91. The molecule has 2 saturated heterocycles. The molecule has 1 aromatic carbocycles. The zero-order valence-electron chi connectivity index (χ0n) is 18.8. The highest BCUT2D eigenvalue weighted by atomic mass is 19.1. The highest BCUT2D eigenvalue weighted by Gasteiger charge is 2.33. The van der Waals surface area contributed by atoms with Gasteiger partial charge in [-0.15, -0.1) is 5.10 Å². The number of nitrogens with zero attached hydrogens (tertiary/aromatic N) is 7. The van der Waals surface area contributed by atoms with E-state index in [1.807, 2.05) is 0 Å². The third-order valence-corrected chi connectivity index (χ3v) is 5.83. The fraction of sp³-hybridized carbons (Fsp3) is 0.333. The summed E-state index contributed by atoms with van der Waals surface area (Å²) >= 11 is 0. The molecule has 2 amide bonds. The van der Waals surface area contributed by atoms with Crippen LogP contribution in [0, 0.1) is 15.9 Å². The molecule has 2 fully saturated rings. The van der Waals surface area contributed by atoms with Crippen LogP contribution in [0.1, 0.15) is 10.6 Å². The topological polar surface area (TPSA) is 152 Å². The van der Waals surface area contributed by atoms with Crippen molar-refractivity contribution in [2.75, 3.05) is 42.5 Å². The number of anilines is 2. The molecule has 0 saturated carbocycles. The summed E-state index contributed by atoms with van der Waals surface area (Å²) in [5.41, 5.74) is 3.61. The molecular formula is C21H21FN8O6. The number of aromatic nitrogens is 3. The normalized spacial score (nSPS) is 18.3. The summed E-state index contributed by atoms with van der Waals surface area (Å²) in [5.74, 6) is -1.78. The standard InChI is InChI=1S/C21H21FN8O6/c22-16-11-14(28-13-15(35-21(28)32)12-27-8-5-23-25-27)1-2-17(16)26-7-6-24-29(10-9-26)20(31)18-3-4-19(36-18)30(33)34/h1-5,8,11,15,24H,6-7,9-10,12-13H2/t15-/m0/s1. The van der Waals surface area contributed by atoms with Gasteiger partial charge in [0.25, 0.3) is 0 Å². The number of hydrazine groups is 1. The van der Waals surface area contributed by atoms with E-state index in [1.54, 1.807) is 27.9 Å². The number of hydrogen-bond donors (Lipinski definition) is 1. The summed E-state index contributed by atoms with van der Waals surface area (Å²) in [6.07, 6.45) is 2.17. The van der Waals surface area contributed by atoms with Gasteiger partial charge in [0.15, 0.2) is 0 Å². The maximum Gasteiger partial charge on any atom is 0.433 e. The molecule has 2 aromatic heterocycles. The summed E-state index contributed by atoms with van der Waals surface area (Å²) in [4.78, 5) is 38.2. The second-order valence-corrected chi connectivity index (χ2v) is 8.12. The van der Waals surface area contributed by atoms with E-state index in [0.29, 0.717) is 37.6 Å². The van der Waals surface area contributed by atoms with E-state index in [0.717, 1.165) is 6.07 Å². The first-order chi connectivity index (χ1) is 17.4. The largest absolute Gasteiger partial charge is 0.442 e. The Morgan fingerprint density at radius 3 is 2.83 bits per heavy atom. The van der Waals surface area contributed by atoms with Gasteiger partial charge >= 0.3 is 17.9 Å². The van der Waals surface area contributed by atoms with E-state index < -0.39 is 34.7 Å². The van der Waals surface area contributed by atoms with Crippen molar-refractivity contribution in [3.63, 3.8) is 0 Å². The molecule has 1 atom stereocenters. The molecule has 15 heteroatoms. The summed E-state index contributed by atoms with van der Waals surface area (Å²) in [7, 11) is 0. The average Bonchev–Trinajstić information content (AvgIpc) is 3.58. The minimum Gasteiger partial charge on any atom is -0.442 e. The Hall–Kier alpha value is -4.53. The average molecular weight is 500 g/mol. The summed E-state index contributed by atoms with van der Waals surface area (Å²) in [6.45, 7) is 1.76. The Bertz CT molecular complexity index is 1280. The number of furan rings is 1. The van der Waals surface area contributed by atoms with E-state index in [2.05, 4.69) is 15.7 Å². The molecule has 2 aliphatic rings. The van der Waals surface area contributed by atoms with Gasteiger partial charge in [-0.2, -0.15) is 0 Å². The first kappa shape index (κ1) is 23.2. The lowest BCUT2D eigenvalue weighted by molar-refractivity contribution is -0.402. The maximum atomic E-state index is 15.1. The Kier molecular flexibility index (Phi) is 6.20. The highest BCUT2D eigenvalue weighted by Crippen LogP contribution is 2.28. The molecule has 1 N–H and O–H groups in total. The molecule has 0 radical (unpaired) electrons. The fourth-order valence-corrected chi connectivity index (χ4v) is 4.11. The van der Waals surface area contributed by atoms with Gasteiger partial charge in [-0.25, -0.2) is 19.3 Å². The number of carbonyl (C=O) groups is 2. The third kappa shape index (κ3) is 4.68. The van der Waals surface area contributed by atoms with Gasteiger partial charge in [-0.3, -0.25) is 24.8 Å². The van der Waals surface area contributed by atoms with Crippen molar-refractivity contribution in [3.05, 3.63) is 64.4 Å². The predicted molar refractivity (Wildman–Crippen MR) is 121 cm³/mol. The lowest BCUT2D eigenvalue weighted by Gasteiger charge is -2.24. The van der Waals surface area contributed by atoms with Crippen molar-refractivity contribution in [1.29, 1.82) is 0 Å². The molecule has 0 aliphatic carbocycles. The smallest absolute Gasteiger partial charge is 0.433 e. The van der Waals surface area contributed by atoms with Crippen LogP contribution in [-0.2, 0) is 11.3 Å². The van der Waals surface area contributed by atoms with E-state index in [-0.39, 0.29) is 18.8 Å². The van der Waals surface area contributed by atoms with Crippen LogP contribution in [0.2, 0.25) is 0 Å². The number of rotatable bonds is 6. The van der Waals surface area contributed by atoms with Gasteiger partial charge in [0.2, 0.25) is 5.76 Å². The molecule has 36 heavy (non-hydrogen) atoms. The molecule has 0 unspecified atom stereocenters. The number of cyclic esters (lactones) is 1. The second kappa shape index (κ2) is 9.61. The van der Waals surface area contributed by atoms with Crippen LogP contribution in [0.5, 0.6) is 0 Å². The van der Waals surface area contributed by atoms with Crippen molar-refractivity contribution in [3.8, 4) is 0 Å². The number of carbonyl (C=O) groups excluding carboxylic acids is 2. The van der Waals surface area contributed by atoms with Crippen molar-refractivity contribution in [2.24, 2.45) is 0 Å². The molecule has 4 heterocycles. The minimum absolute atomic E-state index is 0.169. The number of amides is 2. The Labute approximate surface area is 202 Å². The number of nitro groups is 1. The number of benzene rings is 1. The van der Waals surface area contributed by atoms with Gasteiger partial charge in [0, 0.05) is 25.8 Å². The van der Waals surface area contributed by atoms with E-state index in [1.165, 1.54) is 28.2 Å². The van der Waals surface area contributed by atoms with Gasteiger partial charge in [-0.05, 0) is 24.3 Å². The zero-order chi connectivity index (χ0) is 25.2. The lowest BCUT2D eigenvalue weighted by atomic mass is 10.2. The molecule has 188 valence electrons. The van der Waals surface area contributed by atoms with Crippen LogP contribution in [0.25, 0.3) is 0 Å². The number of halogens is 1. The van der Waals surface area contributed by atoms with Crippen LogP contribution in [-0.4, -0.2) is 75.8 Å². The molecule has 14 nitrogen and oxygen atoms in total. The van der Waals surface area contributed by atoms with Crippen molar-refractivity contribution < 1.29 is 28.1 Å². The van der Waals surface area contributed by atoms with E-state index >= 15 is 4.39 Å². The Balaban J connectivity index is 1.23. The van der Waals surface area contributed by atoms with Crippen molar-refractivity contribution >= 4 is 29.3 Å². The van der Waals surface area contributed by atoms with Crippen LogP contribution >= 0.6 is 0 Å². The SMILES string of the molecule is O=C(c1ccc([N+](=O)[O-])o1)N1CCN(c2ccc(N3C[C@H](Cn4ccnn4)OC3=O)cc2F)CCN1. The van der Waals surface area contributed by atoms with Crippen LogP contribution in [0.3, 0.4) is 0 Å². The van der Waals surface area contributed by atoms with Gasteiger partial charge in [0.05, 0.1) is 43.3 Å². The number of nitrogens with one attached hydrogen (secondary N) is 1. The summed E-state index contributed by atoms with van der Waals surface area (Å²) < 4.78 is 27.0. The monoisotopic (exact) mass is 500 g/mol. The van der Waals surface area contributed by atoms with Crippen molar-refractivity contribution in [2.45, 2.75) is 12.6 Å². The quantitative estimate of drug-likeness (QED) is 0.388. The molecule has 2 aliphatic heterocycles. The van der Waals surface area contributed by atoms with Gasteiger partial charge < -0.3 is 14.1 Å². The number of ether oxygens (including phenoxy) is 1. The zero-order valence-corrected chi connectivity index (χ0v) is 18.8. The number of hydrogen-bond acceptors (Lipinski definition) is 10. The van der Waals surface area contributed by atoms with E-state index in [4.69, 9.17) is 9.15 Å². The lowest BCUT2D eigenvalue weighted by Crippen LogP contribution is -2.43. The fourth-order valence-electron chi connectivity index (χ4n) is 4.11. The van der Waals surface area contributed by atoms with Crippen LogP contribution < -0.4 is 15.2 Å². The van der Waals surface area contributed by atoms with Crippen LogP contribution in [0.15, 0.2) is 47.1 Å². The van der Waals surface area contributed by atoms with Gasteiger partial charge in [-0.1, -0.05) is 5.21 Å². The maximum absolute atomic E-state index is 15.1. The minimum atomic E-state index is -0.722. The molecular weight excluding hydrogens is 479 g/mol. The second-order valence-electron chi connectivity index (χ2n) is 8.12. The first-order valence-corrected chi connectivity index (χ1v) is 11.1. The van der Waals surface area contributed by atoms with Crippen molar-refractivity contribution in [1.82, 2.24) is 25.4 Å². The third-order valence-electron chi connectivity index (χ3n) is 5.83. The van der Waals surface area contributed by atoms with Gasteiger partial charge in [0.1, 0.15) is 16.8 Å². The van der Waals surface area contributed by atoms with E-state index in [9.17, 15) is 19.7 Å². The first-order valence-electron chi connectivity index (χ1n) is 11.1. The Morgan fingerprint density at radius 1 is 1.25 bits per heavy atom. The van der Waals surface area contributed by atoms with Crippen LogP contribution in [0.4, 0.5) is 26.4 Å². The molecule has 3 aromatic rings. The molecule has 0 bridgehead atoms. The summed E-state index contributed by atoms with van der Waals surface area (Å²) in [5, 5.41) is 19.7.